The molecule has 2 rings (SSSR count). The van der Waals surface area contributed by atoms with Gasteiger partial charge in [0, 0.05) is 18.4 Å². The van der Waals surface area contributed by atoms with Crippen LogP contribution in [0.1, 0.15) is 32.3 Å². The number of anilines is 1. The Morgan fingerprint density at radius 3 is 2.53 bits per heavy atom. The third-order valence-electron chi connectivity index (χ3n) is 5.08. The van der Waals surface area contributed by atoms with Gasteiger partial charge in [-0.1, -0.05) is 26.0 Å². The fourth-order valence-corrected chi connectivity index (χ4v) is 3.19. The van der Waals surface area contributed by atoms with Crippen molar-refractivity contribution in [3.63, 3.8) is 0 Å². The number of rotatable bonds is 10. The van der Waals surface area contributed by atoms with E-state index < -0.39 is 23.7 Å². The summed E-state index contributed by atoms with van der Waals surface area (Å²) in [4.78, 5) is 29.6. The number of nitrogens with zero attached hydrogens (tertiary/aromatic N) is 1. The van der Waals surface area contributed by atoms with Gasteiger partial charge in [0.2, 0.25) is 5.91 Å². The van der Waals surface area contributed by atoms with Crippen LogP contribution >= 0.6 is 0 Å². The van der Waals surface area contributed by atoms with E-state index in [1.165, 1.54) is 0 Å². The first kappa shape index (κ1) is 24.8. The van der Waals surface area contributed by atoms with Crippen LogP contribution < -0.4 is 22.5 Å². The Morgan fingerprint density at radius 1 is 1.16 bits per heavy atom. The highest BCUT2D eigenvalue weighted by molar-refractivity contribution is 5.97. The average Bonchev–Trinajstić information content (AvgIpc) is 2.72. The normalized spacial score (nSPS) is 12.8. The number of halogens is 1. The molecule has 0 unspecified atom stereocenters. The molecular weight excluding hydrogens is 413 g/mol. The standard InChI is InChI=1S/C23H30FN5O3/c1-13(2)21(25)20(31)11-15(22(32)29-18-12-16(24)8-9-19(18)30)7-6-14-4-3-5-17(10-14)28-23(26)27/h3-5,8-10,12-13,15,21,30H,6-7,11,25H2,1-2H3,(H,29,32)(H4,26,27,28)/t15-,21-/m0/s1. The van der Waals surface area contributed by atoms with E-state index >= 15 is 0 Å². The highest BCUT2D eigenvalue weighted by atomic mass is 19.1. The summed E-state index contributed by atoms with van der Waals surface area (Å²) in [5.74, 6) is -2.50. The van der Waals surface area contributed by atoms with Gasteiger partial charge in [-0.3, -0.25) is 9.59 Å². The summed E-state index contributed by atoms with van der Waals surface area (Å²) in [6, 6.07) is 9.73. The summed E-state index contributed by atoms with van der Waals surface area (Å²) in [5, 5.41) is 12.4. The molecule has 1 amide bonds. The molecule has 0 aliphatic rings. The minimum absolute atomic E-state index is 0.0598. The minimum Gasteiger partial charge on any atom is -0.506 e. The zero-order valence-corrected chi connectivity index (χ0v) is 18.2. The van der Waals surface area contributed by atoms with E-state index in [-0.39, 0.29) is 35.5 Å². The summed E-state index contributed by atoms with van der Waals surface area (Å²) < 4.78 is 13.5. The molecule has 172 valence electrons. The Kier molecular flexibility index (Phi) is 8.71. The van der Waals surface area contributed by atoms with Crippen molar-refractivity contribution in [3.8, 4) is 5.75 Å². The van der Waals surface area contributed by atoms with Crippen molar-refractivity contribution in [1.82, 2.24) is 0 Å². The van der Waals surface area contributed by atoms with Gasteiger partial charge in [0.15, 0.2) is 11.7 Å². The quantitative estimate of drug-likeness (QED) is 0.216. The van der Waals surface area contributed by atoms with Gasteiger partial charge in [0.1, 0.15) is 11.6 Å². The molecule has 2 aromatic rings. The summed E-state index contributed by atoms with van der Waals surface area (Å²) in [6.45, 7) is 3.66. The van der Waals surface area contributed by atoms with Crippen LogP contribution in [0.3, 0.4) is 0 Å². The summed E-state index contributed by atoms with van der Waals surface area (Å²) in [5.41, 5.74) is 18.2. The van der Waals surface area contributed by atoms with Crippen LogP contribution in [0.25, 0.3) is 0 Å². The van der Waals surface area contributed by atoms with Gasteiger partial charge in [-0.15, -0.1) is 0 Å². The lowest BCUT2D eigenvalue weighted by Crippen LogP contribution is -2.38. The summed E-state index contributed by atoms with van der Waals surface area (Å²) in [6.07, 6.45) is 0.712. The lowest BCUT2D eigenvalue weighted by atomic mass is 9.89. The van der Waals surface area contributed by atoms with E-state index in [1.807, 2.05) is 19.9 Å². The SMILES string of the molecule is CC(C)[C@H](N)C(=O)C[C@H](CCc1cccc(N=C(N)N)c1)C(=O)Nc1cc(F)ccc1O. The number of nitrogens with one attached hydrogen (secondary N) is 1. The molecule has 0 aromatic heterocycles. The van der Waals surface area contributed by atoms with E-state index in [9.17, 15) is 19.1 Å². The first-order chi connectivity index (χ1) is 15.1. The third kappa shape index (κ3) is 7.35. The van der Waals surface area contributed by atoms with Crippen LogP contribution in [0.2, 0.25) is 0 Å². The predicted molar refractivity (Wildman–Crippen MR) is 123 cm³/mol. The largest absolute Gasteiger partial charge is 0.506 e. The van der Waals surface area contributed by atoms with E-state index in [4.69, 9.17) is 17.2 Å². The van der Waals surface area contributed by atoms with Gasteiger partial charge in [-0.25, -0.2) is 9.38 Å². The van der Waals surface area contributed by atoms with Crippen molar-refractivity contribution in [2.24, 2.45) is 34.0 Å². The molecule has 0 spiro atoms. The van der Waals surface area contributed by atoms with Crippen LogP contribution in [-0.2, 0) is 16.0 Å². The minimum atomic E-state index is -0.735. The number of Topliss-reactive ketones (excluding diaryl/α,β-unsaturated/α-hetero) is 1. The molecule has 32 heavy (non-hydrogen) atoms. The van der Waals surface area contributed by atoms with Gasteiger partial charge >= 0.3 is 0 Å². The lowest BCUT2D eigenvalue weighted by Gasteiger charge is -2.20. The van der Waals surface area contributed by atoms with Crippen molar-refractivity contribution in [2.45, 2.75) is 39.2 Å². The highest BCUT2D eigenvalue weighted by Gasteiger charge is 2.27. The molecule has 0 saturated carbocycles. The topological polar surface area (TPSA) is 157 Å². The Bertz CT molecular complexity index is 989. The Labute approximate surface area is 186 Å². The van der Waals surface area contributed by atoms with Gasteiger partial charge in [-0.05, 0) is 48.6 Å². The molecule has 0 aliphatic heterocycles. The van der Waals surface area contributed by atoms with Gasteiger partial charge in [0.05, 0.1) is 17.4 Å². The maximum absolute atomic E-state index is 13.5. The van der Waals surface area contributed by atoms with Crippen LogP contribution in [0.4, 0.5) is 15.8 Å². The number of amides is 1. The Balaban J connectivity index is 2.20. The molecule has 0 saturated heterocycles. The van der Waals surface area contributed by atoms with E-state index in [1.54, 1.807) is 18.2 Å². The number of aromatic hydroxyl groups is 1. The number of nitrogens with two attached hydrogens (primary N) is 3. The zero-order valence-electron chi connectivity index (χ0n) is 18.2. The van der Waals surface area contributed by atoms with Crippen molar-refractivity contribution in [1.29, 1.82) is 0 Å². The zero-order chi connectivity index (χ0) is 23.8. The number of carbonyl (C=O) groups is 2. The number of carbonyl (C=O) groups excluding carboxylic acids is 2. The van der Waals surface area contributed by atoms with E-state index in [0.29, 0.717) is 18.5 Å². The number of phenolic OH excluding ortho intramolecular Hbond substituents is 1. The number of ketones is 1. The fourth-order valence-electron chi connectivity index (χ4n) is 3.19. The van der Waals surface area contributed by atoms with Crippen LogP contribution in [0.15, 0.2) is 47.5 Å². The van der Waals surface area contributed by atoms with Gasteiger partial charge in [-0.2, -0.15) is 0 Å². The first-order valence-electron chi connectivity index (χ1n) is 10.3. The number of aryl methyl sites for hydroxylation is 1. The molecular formula is C23H30FN5O3. The molecule has 2 aromatic carbocycles. The number of benzene rings is 2. The van der Waals surface area contributed by atoms with Crippen molar-refractivity contribution >= 4 is 29.0 Å². The lowest BCUT2D eigenvalue weighted by molar-refractivity contribution is -0.127. The predicted octanol–water partition coefficient (Wildman–Crippen LogP) is 2.57. The molecule has 0 aliphatic carbocycles. The number of phenols is 1. The number of aliphatic imine (C=N–C) groups is 1. The second-order valence-electron chi connectivity index (χ2n) is 8.03. The average molecular weight is 444 g/mol. The second-order valence-corrected chi connectivity index (χ2v) is 8.03. The molecule has 0 heterocycles. The fraction of sp³-hybridized carbons (Fsp3) is 0.348. The monoisotopic (exact) mass is 443 g/mol. The molecule has 8 N–H and O–H groups in total. The summed E-state index contributed by atoms with van der Waals surface area (Å²) in [7, 11) is 0. The van der Waals surface area contributed by atoms with Gasteiger partial charge in [0.25, 0.3) is 0 Å². The van der Waals surface area contributed by atoms with E-state index in [2.05, 4.69) is 10.3 Å². The van der Waals surface area contributed by atoms with Crippen molar-refractivity contribution < 1.29 is 19.1 Å². The molecule has 9 heteroatoms. The van der Waals surface area contributed by atoms with Crippen molar-refractivity contribution in [2.75, 3.05) is 5.32 Å². The molecule has 0 fully saturated rings. The second kappa shape index (κ2) is 11.2. The van der Waals surface area contributed by atoms with E-state index in [0.717, 1.165) is 23.8 Å². The first-order valence-corrected chi connectivity index (χ1v) is 10.3. The number of hydrogen-bond acceptors (Lipinski definition) is 5. The third-order valence-corrected chi connectivity index (χ3v) is 5.08. The molecule has 0 radical (unpaired) electrons. The van der Waals surface area contributed by atoms with Crippen LogP contribution in [-0.4, -0.2) is 28.8 Å². The van der Waals surface area contributed by atoms with Crippen molar-refractivity contribution in [3.05, 3.63) is 53.8 Å². The molecule has 8 nitrogen and oxygen atoms in total. The highest BCUT2D eigenvalue weighted by Crippen LogP contribution is 2.26. The Hall–Kier alpha value is -3.46. The van der Waals surface area contributed by atoms with Crippen LogP contribution in [0.5, 0.6) is 5.75 Å². The maximum atomic E-state index is 13.5. The summed E-state index contributed by atoms with van der Waals surface area (Å²) >= 11 is 0. The number of hydrogen-bond donors (Lipinski definition) is 5. The Morgan fingerprint density at radius 2 is 1.88 bits per heavy atom. The maximum Gasteiger partial charge on any atom is 0.228 e. The smallest absolute Gasteiger partial charge is 0.228 e. The van der Waals surface area contributed by atoms with Crippen LogP contribution in [0, 0.1) is 17.7 Å². The van der Waals surface area contributed by atoms with Gasteiger partial charge < -0.3 is 27.6 Å². The molecule has 0 bridgehead atoms. The molecule has 2 atom stereocenters. The number of guanidine groups is 1.